The monoisotopic (exact) mass is 287 g/mol. The summed E-state index contributed by atoms with van der Waals surface area (Å²) >= 11 is 17.9. The Bertz CT molecular complexity index is 537. The van der Waals surface area contributed by atoms with Crippen molar-refractivity contribution in [3.63, 3.8) is 0 Å². The summed E-state index contributed by atoms with van der Waals surface area (Å²) in [6.07, 6.45) is 1.61. The number of rotatable bonds is 2. The quantitative estimate of drug-likeness (QED) is 0.746. The Balaban J connectivity index is 2.63. The molecule has 0 atom stereocenters. The Labute approximate surface area is 114 Å². The fourth-order valence-corrected chi connectivity index (χ4v) is 2.31. The maximum atomic E-state index is 5.96. The highest BCUT2D eigenvalue weighted by Gasteiger charge is 2.11. The van der Waals surface area contributed by atoms with Crippen LogP contribution in [0.1, 0.15) is 0 Å². The van der Waals surface area contributed by atoms with Gasteiger partial charge in [0.15, 0.2) is 10.9 Å². The molecule has 0 saturated carbocycles. The van der Waals surface area contributed by atoms with Gasteiger partial charge in [0.2, 0.25) is 0 Å². The lowest BCUT2D eigenvalue weighted by Crippen LogP contribution is -1.91. The van der Waals surface area contributed by atoms with Gasteiger partial charge in [-0.05, 0) is 29.8 Å². The molecule has 1 heterocycles. The maximum Gasteiger partial charge on any atom is 0.171 e. The number of hydrogen-bond acceptors (Lipinski definition) is 2. The van der Waals surface area contributed by atoms with Gasteiger partial charge in [-0.2, -0.15) is 0 Å². The normalized spacial score (nSPS) is 10.4. The van der Waals surface area contributed by atoms with Gasteiger partial charge in [-0.3, -0.25) is 0 Å². The highest BCUT2D eigenvalue weighted by atomic mass is 35.5. The van der Waals surface area contributed by atoms with Crippen LogP contribution >= 0.6 is 34.8 Å². The first-order chi connectivity index (χ1) is 8.11. The third kappa shape index (κ3) is 2.65. The Morgan fingerprint density at radius 3 is 2.29 bits per heavy atom. The van der Waals surface area contributed by atoms with E-state index in [4.69, 9.17) is 39.5 Å². The number of aromatic nitrogens is 1. The van der Waals surface area contributed by atoms with E-state index >= 15 is 0 Å². The lowest BCUT2D eigenvalue weighted by molar-refractivity contribution is 0.415. The molecule has 0 amide bonds. The van der Waals surface area contributed by atoms with Gasteiger partial charge in [0.05, 0.1) is 7.11 Å². The summed E-state index contributed by atoms with van der Waals surface area (Å²) in [4.78, 5) is 3.96. The van der Waals surface area contributed by atoms with Crippen LogP contribution in [-0.2, 0) is 0 Å². The SMILES string of the molecule is COc1c(-c2cc(Cl)cc(Cl)c2)ccnc1Cl. The Morgan fingerprint density at radius 2 is 1.71 bits per heavy atom. The van der Waals surface area contributed by atoms with Crippen molar-refractivity contribution in [2.45, 2.75) is 0 Å². The van der Waals surface area contributed by atoms with Crippen molar-refractivity contribution < 1.29 is 4.74 Å². The lowest BCUT2D eigenvalue weighted by Gasteiger charge is -2.10. The van der Waals surface area contributed by atoms with Crippen LogP contribution in [0.4, 0.5) is 0 Å². The lowest BCUT2D eigenvalue weighted by atomic mass is 10.1. The van der Waals surface area contributed by atoms with Gasteiger partial charge >= 0.3 is 0 Å². The van der Waals surface area contributed by atoms with Crippen LogP contribution in [0.3, 0.4) is 0 Å². The van der Waals surface area contributed by atoms with Crippen molar-refractivity contribution in [2.24, 2.45) is 0 Å². The van der Waals surface area contributed by atoms with Crippen LogP contribution < -0.4 is 4.74 Å². The second-order valence-corrected chi connectivity index (χ2v) is 4.57. The summed E-state index contributed by atoms with van der Waals surface area (Å²) in [5.74, 6) is 0.507. The number of methoxy groups -OCH3 is 1. The molecule has 0 spiro atoms. The molecule has 0 saturated heterocycles. The first-order valence-corrected chi connectivity index (χ1v) is 5.90. The topological polar surface area (TPSA) is 22.1 Å². The number of benzene rings is 1. The molecule has 2 nitrogen and oxygen atoms in total. The molecule has 17 heavy (non-hydrogen) atoms. The van der Waals surface area contributed by atoms with Crippen LogP contribution in [0.2, 0.25) is 15.2 Å². The molecular weight excluding hydrogens is 280 g/mol. The number of halogens is 3. The molecule has 88 valence electrons. The summed E-state index contributed by atoms with van der Waals surface area (Å²) < 4.78 is 5.23. The number of nitrogens with zero attached hydrogens (tertiary/aromatic N) is 1. The van der Waals surface area contributed by atoms with Crippen molar-refractivity contribution in [1.29, 1.82) is 0 Å². The summed E-state index contributed by atoms with van der Waals surface area (Å²) in [6, 6.07) is 7.05. The molecule has 2 rings (SSSR count). The minimum absolute atomic E-state index is 0.307. The second kappa shape index (κ2) is 5.13. The number of ether oxygens (including phenoxy) is 1. The van der Waals surface area contributed by atoms with E-state index in [1.165, 1.54) is 0 Å². The van der Waals surface area contributed by atoms with E-state index in [-0.39, 0.29) is 0 Å². The third-order valence-electron chi connectivity index (χ3n) is 2.24. The van der Waals surface area contributed by atoms with E-state index in [0.717, 1.165) is 11.1 Å². The van der Waals surface area contributed by atoms with E-state index in [1.807, 2.05) is 0 Å². The van der Waals surface area contributed by atoms with E-state index in [9.17, 15) is 0 Å². The van der Waals surface area contributed by atoms with Crippen LogP contribution in [-0.4, -0.2) is 12.1 Å². The van der Waals surface area contributed by atoms with Crippen LogP contribution in [0.5, 0.6) is 5.75 Å². The van der Waals surface area contributed by atoms with E-state index in [0.29, 0.717) is 20.9 Å². The van der Waals surface area contributed by atoms with Crippen LogP contribution in [0.15, 0.2) is 30.5 Å². The van der Waals surface area contributed by atoms with Crippen molar-refractivity contribution in [3.05, 3.63) is 45.7 Å². The molecule has 0 radical (unpaired) electrons. The summed E-state index contributed by atoms with van der Waals surface area (Å²) in [7, 11) is 1.54. The van der Waals surface area contributed by atoms with Crippen molar-refractivity contribution in [3.8, 4) is 16.9 Å². The minimum atomic E-state index is 0.307. The Hall–Kier alpha value is -0.960. The predicted molar refractivity (Wildman–Crippen MR) is 71.3 cm³/mol. The predicted octanol–water partition coefficient (Wildman–Crippen LogP) is 4.72. The van der Waals surface area contributed by atoms with Gasteiger partial charge in [0.25, 0.3) is 0 Å². The Kier molecular flexibility index (Phi) is 3.77. The number of pyridine rings is 1. The van der Waals surface area contributed by atoms with Crippen LogP contribution in [0.25, 0.3) is 11.1 Å². The minimum Gasteiger partial charge on any atom is -0.493 e. The van der Waals surface area contributed by atoms with Gasteiger partial charge in [-0.1, -0.05) is 34.8 Å². The summed E-state index contributed by atoms with van der Waals surface area (Å²) in [5.41, 5.74) is 1.64. The molecule has 0 aliphatic carbocycles. The molecule has 0 aliphatic heterocycles. The molecule has 1 aromatic heterocycles. The van der Waals surface area contributed by atoms with Gasteiger partial charge in [-0.15, -0.1) is 0 Å². The first-order valence-electron chi connectivity index (χ1n) is 4.77. The highest BCUT2D eigenvalue weighted by Crippen LogP contribution is 2.36. The summed E-state index contributed by atoms with van der Waals surface area (Å²) in [5, 5.41) is 1.42. The average Bonchev–Trinajstić information content (AvgIpc) is 2.27. The van der Waals surface area contributed by atoms with E-state index in [2.05, 4.69) is 4.98 Å². The molecule has 0 fully saturated rings. The van der Waals surface area contributed by atoms with Crippen LogP contribution in [0, 0.1) is 0 Å². The largest absolute Gasteiger partial charge is 0.493 e. The third-order valence-corrected chi connectivity index (χ3v) is 2.94. The van der Waals surface area contributed by atoms with E-state index in [1.54, 1.807) is 37.6 Å². The zero-order chi connectivity index (χ0) is 12.4. The zero-order valence-corrected chi connectivity index (χ0v) is 11.1. The highest BCUT2D eigenvalue weighted by molar-refractivity contribution is 6.35. The fraction of sp³-hybridized carbons (Fsp3) is 0.0833. The van der Waals surface area contributed by atoms with Crippen molar-refractivity contribution in [1.82, 2.24) is 4.98 Å². The Morgan fingerprint density at radius 1 is 1.06 bits per heavy atom. The van der Waals surface area contributed by atoms with Gasteiger partial charge in [-0.25, -0.2) is 4.98 Å². The zero-order valence-electron chi connectivity index (χ0n) is 8.88. The molecular formula is C12H8Cl3NO. The molecule has 1 aromatic carbocycles. The van der Waals surface area contributed by atoms with E-state index < -0.39 is 0 Å². The second-order valence-electron chi connectivity index (χ2n) is 3.34. The standard InChI is InChI=1S/C12H8Cl3NO/c1-17-11-10(2-3-16-12(11)15)7-4-8(13)6-9(14)5-7/h2-6H,1H3. The first kappa shape index (κ1) is 12.5. The van der Waals surface area contributed by atoms with Crippen molar-refractivity contribution in [2.75, 3.05) is 7.11 Å². The molecule has 5 heteroatoms. The van der Waals surface area contributed by atoms with Gasteiger partial charge < -0.3 is 4.74 Å². The molecule has 0 unspecified atom stereocenters. The van der Waals surface area contributed by atoms with Gasteiger partial charge in [0, 0.05) is 21.8 Å². The molecule has 0 N–H and O–H groups in total. The average molecular weight is 289 g/mol. The smallest absolute Gasteiger partial charge is 0.171 e. The van der Waals surface area contributed by atoms with Gasteiger partial charge in [0.1, 0.15) is 0 Å². The fourth-order valence-electron chi connectivity index (χ4n) is 1.55. The molecule has 2 aromatic rings. The van der Waals surface area contributed by atoms with Crippen molar-refractivity contribution >= 4 is 34.8 Å². The number of hydrogen-bond donors (Lipinski definition) is 0. The molecule has 0 bridgehead atoms. The summed E-state index contributed by atoms with van der Waals surface area (Å²) in [6.45, 7) is 0. The maximum absolute atomic E-state index is 5.96. The molecule has 0 aliphatic rings.